The average molecular weight is 184 g/mol. The highest BCUT2D eigenvalue weighted by Gasteiger charge is 2.14. The monoisotopic (exact) mass is 184 g/mol. The van der Waals surface area contributed by atoms with E-state index in [0.717, 1.165) is 6.42 Å². The Labute approximate surface area is 81.0 Å². The van der Waals surface area contributed by atoms with Crippen molar-refractivity contribution in [3.05, 3.63) is 12.2 Å². The van der Waals surface area contributed by atoms with Crippen molar-refractivity contribution in [1.82, 2.24) is 0 Å². The number of esters is 1. The first-order valence-electron chi connectivity index (χ1n) is 4.84. The van der Waals surface area contributed by atoms with E-state index in [1.807, 2.05) is 27.7 Å². The van der Waals surface area contributed by atoms with Crippen molar-refractivity contribution in [1.29, 1.82) is 0 Å². The van der Waals surface area contributed by atoms with Crippen molar-refractivity contribution in [2.75, 3.05) is 6.61 Å². The summed E-state index contributed by atoms with van der Waals surface area (Å²) in [5.41, 5.74) is 0.586. The van der Waals surface area contributed by atoms with Crippen LogP contribution in [0.4, 0.5) is 0 Å². The van der Waals surface area contributed by atoms with Gasteiger partial charge in [0.2, 0.25) is 0 Å². The molecule has 2 heteroatoms. The normalized spacial score (nSPS) is 12.7. The molecule has 0 rings (SSSR count). The predicted molar refractivity (Wildman–Crippen MR) is 54.4 cm³/mol. The molecule has 0 aromatic heterocycles. The number of carbonyl (C=O) groups is 1. The number of rotatable bonds is 5. The Morgan fingerprint density at radius 1 is 1.38 bits per heavy atom. The fraction of sp³-hybridized carbons (Fsp3) is 0.727. The Kier molecular flexibility index (Phi) is 5.44. The van der Waals surface area contributed by atoms with Crippen LogP contribution in [0.3, 0.4) is 0 Å². The molecular weight excluding hydrogens is 164 g/mol. The summed E-state index contributed by atoms with van der Waals surface area (Å²) in [4.78, 5) is 11.3. The van der Waals surface area contributed by atoms with Gasteiger partial charge >= 0.3 is 5.97 Å². The maximum atomic E-state index is 11.3. The van der Waals surface area contributed by atoms with E-state index < -0.39 is 0 Å². The van der Waals surface area contributed by atoms with E-state index in [1.54, 1.807) is 0 Å². The van der Waals surface area contributed by atoms with Crippen LogP contribution < -0.4 is 0 Å². The summed E-state index contributed by atoms with van der Waals surface area (Å²) >= 11 is 0. The van der Waals surface area contributed by atoms with Crippen molar-refractivity contribution in [2.24, 2.45) is 11.8 Å². The number of carbonyl (C=O) groups excluding carboxylic acids is 1. The highest BCUT2D eigenvalue weighted by atomic mass is 16.5. The molecule has 13 heavy (non-hydrogen) atoms. The number of ether oxygens (including phenoxy) is 1. The fourth-order valence-corrected chi connectivity index (χ4v) is 0.783. The van der Waals surface area contributed by atoms with Gasteiger partial charge in [-0.05, 0) is 18.3 Å². The molecule has 0 fully saturated rings. The van der Waals surface area contributed by atoms with Crippen LogP contribution >= 0.6 is 0 Å². The molecule has 0 aromatic rings. The van der Waals surface area contributed by atoms with Gasteiger partial charge in [0, 0.05) is 5.57 Å². The Morgan fingerprint density at radius 3 is 2.31 bits per heavy atom. The summed E-state index contributed by atoms with van der Waals surface area (Å²) in [6.07, 6.45) is 0.926. The molecule has 0 heterocycles. The Morgan fingerprint density at radius 2 is 1.92 bits per heavy atom. The third-order valence-electron chi connectivity index (χ3n) is 2.02. The zero-order valence-corrected chi connectivity index (χ0v) is 9.09. The van der Waals surface area contributed by atoms with Gasteiger partial charge in [0.05, 0.1) is 6.61 Å². The van der Waals surface area contributed by atoms with Crippen LogP contribution in [0.25, 0.3) is 0 Å². The third-order valence-corrected chi connectivity index (χ3v) is 2.02. The molecule has 0 amide bonds. The van der Waals surface area contributed by atoms with Gasteiger partial charge < -0.3 is 4.74 Å². The lowest BCUT2D eigenvalue weighted by atomic mass is 10.0. The number of hydrogen-bond acceptors (Lipinski definition) is 2. The van der Waals surface area contributed by atoms with Crippen LogP contribution in [0.2, 0.25) is 0 Å². The van der Waals surface area contributed by atoms with Crippen molar-refractivity contribution in [3.8, 4) is 0 Å². The second kappa shape index (κ2) is 5.79. The highest BCUT2D eigenvalue weighted by Crippen LogP contribution is 2.13. The molecule has 0 aliphatic heterocycles. The molecule has 0 saturated heterocycles. The Hall–Kier alpha value is -0.790. The van der Waals surface area contributed by atoms with Crippen molar-refractivity contribution < 1.29 is 9.53 Å². The molecule has 1 atom stereocenters. The Balaban J connectivity index is 3.90. The van der Waals surface area contributed by atoms with Crippen LogP contribution in [0.15, 0.2) is 12.2 Å². The number of hydrogen-bond donors (Lipinski definition) is 0. The van der Waals surface area contributed by atoms with Gasteiger partial charge in [0.1, 0.15) is 0 Å². The molecule has 0 spiro atoms. The lowest BCUT2D eigenvalue weighted by Gasteiger charge is -2.12. The van der Waals surface area contributed by atoms with Gasteiger partial charge in [-0.1, -0.05) is 34.3 Å². The smallest absolute Gasteiger partial charge is 0.333 e. The molecular formula is C11H20O2. The zero-order valence-electron chi connectivity index (χ0n) is 9.09. The van der Waals surface area contributed by atoms with Crippen LogP contribution in [-0.2, 0) is 9.53 Å². The molecule has 0 N–H and O–H groups in total. The van der Waals surface area contributed by atoms with Crippen molar-refractivity contribution in [3.63, 3.8) is 0 Å². The minimum absolute atomic E-state index is 0.222. The molecule has 0 aliphatic carbocycles. The maximum Gasteiger partial charge on any atom is 0.333 e. The second-order valence-electron chi connectivity index (χ2n) is 3.83. The average Bonchev–Trinajstić information content (AvgIpc) is 2.11. The molecule has 0 saturated carbocycles. The zero-order chi connectivity index (χ0) is 10.4. The standard InChI is InChI=1S/C11H20O2/c1-6-9(4)10(5)11(12)13-7-8(2)3/h8-9H,5-7H2,1-4H3. The summed E-state index contributed by atoms with van der Waals surface area (Å²) in [5.74, 6) is 0.358. The summed E-state index contributed by atoms with van der Waals surface area (Å²) in [5, 5.41) is 0. The summed E-state index contributed by atoms with van der Waals surface area (Å²) < 4.78 is 5.05. The molecule has 0 bridgehead atoms. The van der Waals surface area contributed by atoms with Gasteiger partial charge in [-0.2, -0.15) is 0 Å². The van der Waals surface area contributed by atoms with Crippen LogP contribution in [-0.4, -0.2) is 12.6 Å². The van der Waals surface area contributed by atoms with E-state index in [4.69, 9.17) is 4.74 Å². The van der Waals surface area contributed by atoms with Crippen molar-refractivity contribution in [2.45, 2.75) is 34.1 Å². The van der Waals surface area contributed by atoms with Gasteiger partial charge in [-0.3, -0.25) is 0 Å². The lowest BCUT2D eigenvalue weighted by molar-refractivity contribution is -0.140. The largest absolute Gasteiger partial charge is 0.462 e. The van der Waals surface area contributed by atoms with Crippen LogP contribution in [0, 0.1) is 11.8 Å². The maximum absolute atomic E-state index is 11.3. The molecule has 2 nitrogen and oxygen atoms in total. The van der Waals surface area contributed by atoms with Gasteiger partial charge in [-0.15, -0.1) is 0 Å². The van der Waals surface area contributed by atoms with E-state index in [1.165, 1.54) is 0 Å². The van der Waals surface area contributed by atoms with Crippen LogP contribution in [0.5, 0.6) is 0 Å². The molecule has 0 radical (unpaired) electrons. The minimum atomic E-state index is -0.247. The van der Waals surface area contributed by atoms with E-state index in [9.17, 15) is 4.79 Å². The predicted octanol–water partition coefficient (Wildman–Crippen LogP) is 2.79. The van der Waals surface area contributed by atoms with Crippen LogP contribution in [0.1, 0.15) is 34.1 Å². The summed E-state index contributed by atoms with van der Waals surface area (Å²) in [7, 11) is 0. The first kappa shape index (κ1) is 12.2. The third kappa shape index (κ3) is 4.71. The highest BCUT2D eigenvalue weighted by molar-refractivity contribution is 5.88. The summed E-state index contributed by atoms with van der Waals surface area (Å²) in [6.45, 7) is 12.3. The molecule has 0 aliphatic rings. The minimum Gasteiger partial charge on any atom is -0.462 e. The van der Waals surface area contributed by atoms with E-state index in [0.29, 0.717) is 18.1 Å². The molecule has 0 aromatic carbocycles. The second-order valence-corrected chi connectivity index (χ2v) is 3.83. The first-order chi connectivity index (χ1) is 5.99. The fourth-order valence-electron chi connectivity index (χ4n) is 0.783. The van der Waals surface area contributed by atoms with E-state index in [2.05, 4.69) is 6.58 Å². The van der Waals surface area contributed by atoms with E-state index in [-0.39, 0.29) is 11.9 Å². The quantitative estimate of drug-likeness (QED) is 0.485. The van der Waals surface area contributed by atoms with Crippen molar-refractivity contribution >= 4 is 5.97 Å². The molecule has 76 valence electrons. The van der Waals surface area contributed by atoms with Gasteiger partial charge in [-0.25, -0.2) is 4.79 Å². The summed E-state index contributed by atoms with van der Waals surface area (Å²) in [6, 6.07) is 0. The topological polar surface area (TPSA) is 26.3 Å². The molecule has 1 unspecified atom stereocenters. The van der Waals surface area contributed by atoms with Gasteiger partial charge in [0.25, 0.3) is 0 Å². The first-order valence-corrected chi connectivity index (χ1v) is 4.84. The lowest BCUT2D eigenvalue weighted by Crippen LogP contribution is -2.15. The SMILES string of the molecule is C=C(C(=O)OCC(C)C)C(C)CC. The van der Waals surface area contributed by atoms with Gasteiger partial charge in [0.15, 0.2) is 0 Å². The Bertz CT molecular complexity index is 183. The van der Waals surface area contributed by atoms with E-state index >= 15 is 0 Å².